The second-order valence-electron chi connectivity index (χ2n) is 12.2. The van der Waals surface area contributed by atoms with Crippen LogP contribution >= 0.6 is 0 Å². The summed E-state index contributed by atoms with van der Waals surface area (Å²) in [4.78, 5) is 24.8. The fourth-order valence-corrected chi connectivity index (χ4v) is 6.86. The molecular formula is C31H39N3O6. The molecular weight excluding hydrogens is 510 g/mol. The Balaban J connectivity index is 1.18. The number of aliphatic hydroxyl groups is 1. The molecule has 0 radical (unpaired) electrons. The molecule has 2 heterocycles. The molecule has 2 aliphatic rings. The predicted molar refractivity (Wildman–Crippen MR) is 148 cm³/mol. The summed E-state index contributed by atoms with van der Waals surface area (Å²) in [5, 5.41) is 17.1. The van der Waals surface area contributed by atoms with Gasteiger partial charge in [0.25, 0.3) is 0 Å². The molecule has 3 atom stereocenters. The molecule has 2 aliphatic carbocycles. The Hall–Kier alpha value is -3.46. The van der Waals surface area contributed by atoms with Crippen LogP contribution in [0.5, 0.6) is 5.75 Å². The lowest BCUT2D eigenvalue weighted by atomic mass is 9.50. The minimum Gasteiger partial charge on any atom is -0.480 e. The van der Waals surface area contributed by atoms with Crippen LogP contribution < -0.4 is 10.2 Å². The van der Waals surface area contributed by atoms with E-state index in [1.165, 1.54) is 27.4 Å². The van der Waals surface area contributed by atoms with E-state index in [-0.39, 0.29) is 48.1 Å². The summed E-state index contributed by atoms with van der Waals surface area (Å²) in [6.45, 7) is 9.12. The lowest BCUT2D eigenvalue weighted by molar-refractivity contribution is -0.152. The van der Waals surface area contributed by atoms with Gasteiger partial charge in [-0.25, -0.2) is 4.68 Å². The Morgan fingerprint density at radius 3 is 2.83 bits per heavy atom. The molecule has 0 spiro atoms. The van der Waals surface area contributed by atoms with Crippen molar-refractivity contribution in [1.29, 1.82) is 0 Å². The molecule has 3 aromatic rings. The second-order valence-corrected chi connectivity index (χ2v) is 12.2. The average Bonchev–Trinajstić information content (AvgIpc) is 3.37. The Bertz CT molecular complexity index is 1430. The summed E-state index contributed by atoms with van der Waals surface area (Å²) in [6.07, 6.45) is 8.22. The molecule has 1 aromatic carbocycles. The minimum absolute atomic E-state index is 0.00424. The zero-order chi connectivity index (χ0) is 28.5. The molecule has 1 N–H and O–H groups in total. The first-order valence-electron chi connectivity index (χ1n) is 14.1. The van der Waals surface area contributed by atoms with Crippen LogP contribution in [-0.2, 0) is 41.1 Å². The van der Waals surface area contributed by atoms with Gasteiger partial charge >= 0.3 is 5.97 Å². The molecule has 1 saturated carbocycles. The zero-order valence-corrected chi connectivity index (χ0v) is 23.8. The SMILES string of the molecule is CC(C)c1ccc2c(c1)CC[C@H]1[C@](C)(COC(=O)Cn3cc(COc4coc(CO)cc4=O)nn3)CCC[C@]21C. The molecule has 5 rings (SSSR count). The first kappa shape index (κ1) is 28.1. The maximum atomic E-state index is 12.8. The van der Waals surface area contributed by atoms with Gasteiger partial charge in [-0.15, -0.1) is 5.10 Å². The van der Waals surface area contributed by atoms with Gasteiger partial charge in [0.2, 0.25) is 11.2 Å². The minimum atomic E-state index is -0.402. The van der Waals surface area contributed by atoms with E-state index in [1.54, 1.807) is 6.20 Å². The molecule has 0 amide bonds. The summed E-state index contributed by atoms with van der Waals surface area (Å²) >= 11 is 0. The number of benzene rings is 1. The first-order chi connectivity index (χ1) is 19.1. The van der Waals surface area contributed by atoms with Gasteiger partial charge in [0.05, 0.1) is 12.8 Å². The lowest BCUT2D eigenvalue weighted by Gasteiger charge is -2.55. The van der Waals surface area contributed by atoms with E-state index in [4.69, 9.17) is 19.0 Å². The summed E-state index contributed by atoms with van der Waals surface area (Å²) in [5.74, 6) is 0.764. The van der Waals surface area contributed by atoms with Gasteiger partial charge in [0.1, 0.15) is 37.5 Å². The number of esters is 1. The summed E-state index contributed by atoms with van der Waals surface area (Å²) in [5.41, 5.74) is 4.41. The van der Waals surface area contributed by atoms with Crippen LogP contribution in [0.4, 0.5) is 0 Å². The number of carbonyl (C=O) groups is 1. The highest BCUT2D eigenvalue weighted by molar-refractivity contribution is 5.69. The molecule has 9 nitrogen and oxygen atoms in total. The number of aryl methyl sites for hydroxylation is 1. The summed E-state index contributed by atoms with van der Waals surface area (Å²) in [6, 6.07) is 8.23. The van der Waals surface area contributed by atoms with Gasteiger partial charge in [0, 0.05) is 11.5 Å². The quantitative estimate of drug-likeness (QED) is 0.383. The normalized spacial score (nSPS) is 23.9. The van der Waals surface area contributed by atoms with Crippen molar-refractivity contribution in [3.05, 3.63) is 75.1 Å². The van der Waals surface area contributed by atoms with Crippen molar-refractivity contribution < 1.29 is 23.8 Å². The van der Waals surface area contributed by atoms with Crippen LogP contribution in [0.15, 0.2) is 45.9 Å². The highest BCUT2D eigenvalue weighted by Gasteiger charge is 2.52. The third kappa shape index (κ3) is 5.57. The van der Waals surface area contributed by atoms with Crippen molar-refractivity contribution in [2.45, 2.75) is 90.9 Å². The second kappa shape index (κ2) is 11.2. The van der Waals surface area contributed by atoms with Gasteiger partial charge < -0.3 is 19.0 Å². The van der Waals surface area contributed by atoms with E-state index < -0.39 is 5.43 Å². The third-order valence-corrected chi connectivity index (χ3v) is 8.99. The highest BCUT2D eigenvalue weighted by atomic mass is 16.5. The monoisotopic (exact) mass is 549 g/mol. The number of hydrogen-bond donors (Lipinski definition) is 1. The third-order valence-electron chi connectivity index (χ3n) is 8.99. The van der Waals surface area contributed by atoms with Gasteiger partial charge in [-0.2, -0.15) is 0 Å². The molecule has 0 unspecified atom stereocenters. The number of aliphatic hydroxyl groups excluding tert-OH is 1. The maximum Gasteiger partial charge on any atom is 0.327 e. The van der Waals surface area contributed by atoms with Gasteiger partial charge in [-0.05, 0) is 59.6 Å². The molecule has 9 heteroatoms. The Morgan fingerprint density at radius 1 is 1.25 bits per heavy atom. The largest absolute Gasteiger partial charge is 0.480 e. The molecule has 40 heavy (non-hydrogen) atoms. The number of carbonyl (C=O) groups excluding carboxylic acids is 1. The maximum absolute atomic E-state index is 12.8. The number of rotatable bonds is 9. The van der Waals surface area contributed by atoms with Crippen LogP contribution in [0.3, 0.4) is 0 Å². The number of hydrogen-bond acceptors (Lipinski definition) is 8. The summed E-state index contributed by atoms with van der Waals surface area (Å²) < 4.78 is 17.9. The zero-order valence-electron chi connectivity index (χ0n) is 23.8. The van der Waals surface area contributed by atoms with Crippen LogP contribution in [-0.4, -0.2) is 32.7 Å². The van der Waals surface area contributed by atoms with Crippen LogP contribution in [0, 0.1) is 11.3 Å². The fraction of sp³-hybridized carbons (Fsp3) is 0.548. The summed E-state index contributed by atoms with van der Waals surface area (Å²) in [7, 11) is 0. The standard InChI is InChI=1S/C31H39N3O6/c1-20(2)21-6-8-25-22(12-21)7-9-28-30(3,10-5-11-31(25,28)4)19-40-29(37)15-34-14-23(32-33-34)17-39-27-18-38-24(16-35)13-26(27)36/h6,8,12-14,18,20,28,35H,5,7,9-11,15-17,19H2,1-4H3/t28-,30-,31+/m0/s1. The van der Waals surface area contributed by atoms with Crippen molar-refractivity contribution in [3.63, 3.8) is 0 Å². The average molecular weight is 550 g/mol. The molecule has 214 valence electrons. The van der Waals surface area contributed by atoms with E-state index in [2.05, 4.69) is 56.2 Å². The van der Waals surface area contributed by atoms with Gasteiger partial charge in [-0.1, -0.05) is 57.5 Å². The van der Waals surface area contributed by atoms with Crippen LogP contribution in [0.2, 0.25) is 0 Å². The van der Waals surface area contributed by atoms with E-state index >= 15 is 0 Å². The topological polar surface area (TPSA) is 117 Å². The Kier molecular flexibility index (Phi) is 7.86. The smallest absolute Gasteiger partial charge is 0.327 e. The van der Waals surface area contributed by atoms with Crippen molar-refractivity contribution in [2.24, 2.45) is 11.3 Å². The van der Waals surface area contributed by atoms with Crippen LogP contribution in [0.1, 0.15) is 87.4 Å². The number of ether oxygens (including phenoxy) is 2. The molecule has 2 aromatic heterocycles. The van der Waals surface area contributed by atoms with E-state index in [0.717, 1.165) is 38.4 Å². The highest BCUT2D eigenvalue weighted by Crippen LogP contribution is 2.57. The Morgan fingerprint density at radius 2 is 2.08 bits per heavy atom. The van der Waals surface area contributed by atoms with E-state index in [0.29, 0.717) is 24.1 Å². The first-order valence-corrected chi connectivity index (χ1v) is 14.1. The van der Waals surface area contributed by atoms with E-state index in [1.807, 2.05) is 0 Å². The number of fused-ring (bicyclic) bond motifs is 3. The Labute approximate surface area is 234 Å². The number of nitrogens with zero attached hydrogens (tertiary/aromatic N) is 3. The fourth-order valence-electron chi connectivity index (χ4n) is 6.86. The van der Waals surface area contributed by atoms with Crippen molar-refractivity contribution in [2.75, 3.05) is 6.61 Å². The number of aromatic nitrogens is 3. The molecule has 0 aliphatic heterocycles. The van der Waals surface area contributed by atoms with Crippen molar-refractivity contribution in [3.8, 4) is 5.75 Å². The van der Waals surface area contributed by atoms with Gasteiger partial charge in [0.15, 0.2) is 0 Å². The van der Waals surface area contributed by atoms with Gasteiger partial charge in [-0.3, -0.25) is 9.59 Å². The van der Waals surface area contributed by atoms with Crippen molar-refractivity contribution in [1.82, 2.24) is 15.0 Å². The van der Waals surface area contributed by atoms with Crippen LogP contribution in [0.25, 0.3) is 0 Å². The lowest BCUT2D eigenvalue weighted by Crippen LogP contribution is -2.51. The van der Waals surface area contributed by atoms with E-state index in [9.17, 15) is 9.59 Å². The predicted octanol–water partition coefficient (Wildman–Crippen LogP) is 4.68. The molecule has 1 fully saturated rings. The van der Waals surface area contributed by atoms with Crippen molar-refractivity contribution >= 4 is 5.97 Å². The molecule has 0 bridgehead atoms. The molecule has 0 saturated heterocycles.